The van der Waals surface area contributed by atoms with Gasteiger partial charge in [0.1, 0.15) is 41.1 Å². The average Bonchev–Trinajstić information content (AvgIpc) is 3.42. The highest BCUT2D eigenvalue weighted by Gasteiger charge is 2.11. The number of ether oxygens (including phenoxy) is 1. The summed E-state index contributed by atoms with van der Waals surface area (Å²) in [4.78, 5) is 17.3. The van der Waals surface area contributed by atoms with E-state index in [0.717, 1.165) is 49.9 Å². The number of rotatable bonds is 9. The van der Waals surface area contributed by atoms with E-state index in [9.17, 15) is 0 Å². The van der Waals surface area contributed by atoms with E-state index in [2.05, 4.69) is 76.5 Å². The highest BCUT2D eigenvalue weighted by Crippen LogP contribution is 2.29. The summed E-state index contributed by atoms with van der Waals surface area (Å²) in [6.45, 7) is 10.1. The fraction of sp³-hybridized carbons (Fsp3) is 0.241. The first-order valence-corrected chi connectivity index (χ1v) is 13.3. The summed E-state index contributed by atoms with van der Waals surface area (Å²) in [5, 5.41) is 11.9. The lowest BCUT2D eigenvalue weighted by molar-refractivity contribution is 0.301. The molecule has 0 atom stereocenters. The lowest BCUT2D eigenvalue weighted by atomic mass is 9.96. The SMILES string of the molecule is Cc1cc2c(N)nccc2c(C)c1CNc1cc(NCc2cc(C)c(OCc3nccs3)c(C)c2)ncn1. The Bertz CT molecular complexity index is 1560. The summed E-state index contributed by atoms with van der Waals surface area (Å²) in [6, 6.07) is 10.3. The molecular weight excluding hydrogens is 494 g/mol. The summed E-state index contributed by atoms with van der Waals surface area (Å²) < 4.78 is 6.04. The number of nitrogens with two attached hydrogens (primary N) is 1. The number of hydrogen-bond donors (Lipinski definition) is 3. The van der Waals surface area contributed by atoms with Gasteiger partial charge in [0.25, 0.3) is 0 Å². The monoisotopic (exact) mass is 525 g/mol. The van der Waals surface area contributed by atoms with E-state index in [-0.39, 0.29) is 0 Å². The minimum Gasteiger partial charge on any atom is -0.486 e. The number of nitrogens with one attached hydrogen (secondary N) is 2. The van der Waals surface area contributed by atoms with Crippen LogP contribution in [0.1, 0.15) is 38.4 Å². The van der Waals surface area contributed by atoms with Crippen molar-refractivity contribution in [3.05, 3.63) is 92.8 Å². The molecule has 0 bridgehead atoms. The molecule has 0 spiro atoms. The topological polar surface area (TPSA) is 111 Å². The molecular formula is C29H31N7OS. The highest BCUT2D eigenvalue weighted by molar-refractivity contribution is 7.09. The normalized spacial score (nSPS) is 11.1. The van der Waals surface area contributed by atoms with Crippen LogP contribution < -0.4 is 21.1 Å². The first-order chi connectivity index (χ1) is 18.4. The van der Waals surface area contributed by atoms with Crippen LogP contribution in [0.5, 0.6) is 5.75 Å². The Morgan fingerprint density at radius 1 is 0.816 bits per heavy atom. The van der Waals surface area contributed by atoms with Gasteiger partial charge >= 0.3 is 0 Å². The van der Waals surface area contributed by atoms with Gasteiger partial charge in [-0.2, -0.15) is 0 Å². The quantitative estimate of drug-likeness (QED) is 0.212. The van der Waals surface area contributed by atoms with Gasteiger partial charge in [-0.05, 0) is 78.6 Å². The number of fused-ring (bicyclic) bond motifs is 1. The minimum absolute atomic E-state index is 0.483. The molecule has 9 heteroatoms. The Balaban J connectivity index is 1.23. The molecule has 0 unspecified atom stereocenters. The number of hydrogen-bond acceptors (Lipinski definition) is 9. The van der Waals surface area contributed by atoms with Crippen LogP contribution in [0, 0.1) is 27.7 Å². The molecule has 3 aromatic heterocycles. The van der Waals surface area contributed by atoms with Gasteiger partial charge in [0.2, 0.25) is 0 Å². The van der Waals surface area contributed by atoms with E-state index in [0.29, 0.717) is 25.5 Å². The number of pyridine rings is 1. The molecule has 0 fully saturated rings. The molecule has 5 rings (SSSR count). The number of anilines is 3. The first-order valence-electron chi connectivity index (χ1n) is 12.4. The van der Waals surface area contributed by atoms with Gasteiger partial charge in [-0.15, -0.1) is 11.3 Å². The van der Waals surface area contributed by atoms with Crippen LogP contribution in [-0.4, -0.2) is 19.9 Å². The molecule has 4 N–H and O–H groups in total. The molecule has 5 aromatic rings. The minimum atomic E-state index is 0.483. The molecule has 0 amide bonds. The van der Waals surface area contributed by atoms with Crippen molar-refractivity contribution in [2.45, 2.75) is 47.4 Å². The van der Waals surface area contributed by atoms with E-state index in [4.69, 9.17) is 10.5 Å². The Morgan fingerprint density at radius 2 is 1.55 bits per heavy atom. The third-order valence-corrected chi connectivity index (χ3v) is 7.40. The first kappa shape index (κ1) is 25.4. The predicted octanol–water partition coefficient (Wildman–Crippen LogP) is 6.10. The maximum absolute atomic E-state index is 6.09. The van der Waals surface area contributed by atoms with Gasteiger partial charge < -0.3 is 21.1 Å². The van der Waals surface area contributed by atoms with Crippen molar-refractivity contribution in [1.29, 1.82) is 0 Å². The lowest BCUT2D eigenvalue weighted by Crippen LogP contribution is -2.08. The van der Waals surface area contributed by atoms with Crippen LogP contribution in [0.25, 0.3) is 10.8 Å². The second-order valence-corrected chi connectivity index (χ2v) is 10.3. The molecule has 0 saturated carbocycles. The van der Waals surface area contributed by atoms with Crippen LogP contribution in [-0.2, 0) is 19.7 Å². The number of aryl methyl sites for hydroxylation is 4. The molecule has 0 aliphatic heterocycles. The summed E-state index contributed by atoms with van der Waals surface area (Å²) in [5.41, 5.74) is 13.0. The molecule has 38 heavy (non-hydrogen) atoms. The fourth-order valence-corrected chi connectivity index (χ4v) is 5.28. The number of thiazole rings is 1. The molecule has 0 aliphatic carbocycles. The summed E-state index contributed by atoms with van der Waals surface area (Å²) in [5.74, 6) is 2.99. The van der Waals surface area contributed by atoms with Gasteiger partial charge in [-0.25, -0.2) is 19.9 Å². The molecule has 0 saturated heterocycles. The average molecular weight is 526 g/mol. The van der Waals surface area contributed by atoms with Crippen LogP contribution >= 0.6 is 11.3 Å². The van der Waals surface area contributed by atoms with E-state index in [1.54, 1.807) is 30.1 Å². The largest absolute Gasteiger partial charge is 0.486 e. The highest BCUT2D eigenvalue weighted by atomic mass is 32.1. The van der Waals surface area contributed by atoms with E-state index in [1.807, 2.05) is 17.5 Å². The molecule has 2 aromatic carbocycles. The van der Waals surface area contributed by atoms with Gasteiger partial charge in [-0.3, -0.25) is 0 Å². The summed E-state index contributed by atoms with van der Waals surface area (Å²) in [7, 11) is 0. The third kappa shape index (κ3) is 5.52. The third-order valence-electron chi connectivity index (χ3n) is 6.65. The van der Waals surface area contributed by atoms with Crippen molar-refractivity contribution in [3.8, 4) is 5.75 Å². The smallest absolute Gasteiger partial charge is 0.140 e. The van der Waals surface area contributed by atoms with Crippen LogP contribution in [0.3, 0.4) is 0 Å². The maximum Gasteiger partial charge on any atom is 0.140 e. The van der Waals surface area contributed by atoms with Crippen molar-refractivity contribution in [2.24, 2.45) is 0 Å². The Labute approximate surface area is 226 Å². The zero-order valence-corrected chi connectivity index (χ0v) is 22.8. The van der Waals surface area contributed by atoms with Gasteiger partial charge in [0.15, 0.2) is 0 Å². The predicted molar refractivity (Wildman–Crippen MR) is 155 cm³/mol. The summed E-state index contributed by atoms with van der Waals surface area (Å²) >= 11 is 1.60. The number of aromatic nitrogens is 4. The molecule has 8 nitrogen and oxygen atoms in total. The second kappa shape index (κ2) is 11.0. The fourth-order valence-electron chi connectivity index (χ4n) is 4.75. The van der Waals surface area contributed by atoms with Crippen molar-refractivity contribution >= 4 is 39.6 Å². The van der Waals surface area contributed by atoms with Crippen molar-refractivity contribution in [3.63, 3.8) is 0 Å². The molecule has 3 heterocycles. The van der Waals surface area contributed by atoms with Crippen LogP contribution in [0.15, 0.2) is 54.4 Å². The Hall–Kier alpha value is -4.24. The van der Waals surface area contributed by atoms with E-state index < -0.39 is 0 Å². The van der Waals surface area contributed by atoms with Gasteiger partial charge in [-0.1, -0.05) is 12.1 Å². The number of benzene rings is 2. The zero-order chi connectivity index (χ0) is 26.6. The van der Waals surface area contributed by atoms with E-state index >= 15 is 0 Å². The molecule has 0 aliphatic rings. The summed E-state index contributed by atoms with van der Waals surface area (Å²) in [6.07, 6.45) is 5.13. The maximum atomic E-state index is 6.09. The van der Waals surface area contributed by atoms with Crippen molar-refractivity contribution < 1.29 is 4.74 Å². The van der Waals surface area contributed by atoms with E-state index in [1.165, 1.54) is 16.7 Å². The van der Waals surface area contributed by atoms with Crippen LogP contribution in [0.2, 0.25) is 0 Å². The van der Waals surface area contributed by atoms with Gasteiger partial charge in [0, 0.05) is 42.3 Å². The second-order valence-electron chi connectivity index (χ2n) is 9.36. The van der Waals surface area contributed by atoms with Crippen molar-refractivity contribution in [1.82, 2.24) is 19.9 Å². The van der Waals surface area contributed by atoms with Gasteiger partial charge in [0.05, 0.1) is 0 Å². The number of nitrogens with zero attached hydrogens (tertiary/aromatic N) is 4. The van der Waals surface area contributed by atoms with Crippen molar-refractivity contribution in [2.75, 3.05) is 16.4 Å². The zero-order valence-electron chi connectivity index (χ0n) is 22.0. The number of nitrogen functional groups attached to an aromatic ring is 1. The molecule has 0 radical (unpaired) electrons. The molecule has 194 valence electrons. The lowest BCUT2D eigenvalue weighted by Gasteiger charge is -2.16. The Morgan fingerprint density at radius 3 is 2.26 bits per heavy atom. The standard InChI is InChI=1S/C29H31N7OS/c1-17-11-23-22(5-6-32-29(23)30)20(4)24(17)14-34-26-12-25(35-16-36-26)33-13-21-9-18(2)28(19(3)10-21)37-15-27-31-7-8-38-27/h5-12,16H,13-15H2,1-4H3,(H2,30,32)(H2,33,34,35,36). The Kier molecular flexibility index (Phi) is 7.37. The van der Waals surface area contributed by atoms with Crippen LogP contribution in [0.4, 0.5) is 17.5 Å².